The number of amides is 3. The summed E-state index contributed by atoms with van der Waals surface area (Å²) in [5.74, 6) is -0.0248. The Balaban J connectivity index is 1.71. The second-order valence-corrected chi connectivity index (χ2v) is 7.35. The number of ether oxygens (including phenoxy) is 1. The SMILES string of the molecule is CNC(=O)[C@@H]1C[C@H]2CN(C)C(=O)c3cccc(c32)N1C(=O)COc1ccccc1. The van der Waals surface area contributed by atoms with Crippen LogP contribution in [0.4, 0.5) is 5.69 Å². The van der Waals surface area contributed by atoms with Gasteiger partial charge >= 0.3 is 0 Å². The minimum atomic E-state index is -0.652. The van der Waals surface area contributed by atoms with Crippen molar-refractivity contribution in [3.05, 3.63) is 59.7 Å². The Morgan fingerprint density at radius 3 is 2.62 bits per heavy atom. The molecule has 0 fully saturated rings. The topological polar surface area (TPSA) is 79.0 Å². The number of hydrogen-bond donors (Lipinski definition) is 1. The Labute approximate surface area is 169 Å². The summed E-state index contributed by atoms with van der Waals surface area (Å²) < 4.78 is 5.64. The predicted octanol–water partition coefficient (Wildman–Crippen LogP) is 1.79. The monoisotopic (exact) mass is 393 g/mol. The molecule has 0 spiro atoms. The summed E-state index contributed by atoms with van der Waals surface area (Å²) >= 11 is 0. The highest BCUT2D eigenvalue weighted by molar-refractivity contribution is 6.06. The molecule has 0 radical (unpaired) electrons. The molecule has 2 aromatic carbocycles. The normalized spacial score (nSPS) is 20.1. The molecule has 7 heteroatoms. The smallest absolute Gasteiger partial charge is 0.265 e. The van der Waals surface area contributed by atoms with Crippen LogP contribution in [0.1, 0.15) is 28.3 Å². The van der Waals surface area contributed by atoms with Crippen LogP contribution in [0, 0.1) is 0 Å². The van der Waals surface area contributed by atoms with E-state index in [9.17, 15) is 14.4 Å². The lowest BCUT2D eigenvalue weighted by molar-refractivity contribution is -0.127. The number of carbonyl (C=O) groups excluding carboxylic acids is 3. The van der Waals surface area contributed by atoms with Crippen molar-refractivity contribution in [2.24, 2.45) is 0 Å². The van der Waals surface area contributed by atoms with Gasteiger partial charge < -0.3 is 15.0 Å². The standard InChI is InChI=1S/C22H23N3O4/c1-23-21(27)18-11-14-12-24(2)22(28)16-9-6-10-17(20(14)16)25(18)19(26)13-29-15-7-4-3-5-8-15/h3-10,14,18H,11-13H2,1-2H3,(H,23,27)/t14-,18-/m0/s1. The van der Waals surface area contributed by atoms with Crippen molar-refractivity contribution in [2.45, 2.75) is 18.4 Å². The quantitative estimate of drug-likeness (QED) is 0.859. The molecule has 2 atom stereocenters. The van der Waals surface area contributed by atoms with E-state index in [1.54, 1.807) is 49.3 Å². The van der Waals surface area contributed by atoms with E-state index in [4.69, 9.17) is 4.74 Å². The zero-order valence-corrected chi connectivity index (χ0v) is 16.4. The largest absolute Gasteiger partial charge is 0.484 e. The van der Waals surface area contributed by atoms with Crippen LogP contribution in [0.25, 0.3) is 0 Å². The minimum absolute atomic E-state index is 0.00490. The average molecular weight is 393 g/mol. The van der Waals surface area contributed by atoms with Crippen molar-refractivity contribution in [1.29, 1.82) is 0 Å². The zero-order chi connectivity index (χ0) is 20.5. The molecule has 0 bridgehead atoms. The molecule has 2 aliphatic rings. The van der Waals surface area contributed by atoms with Gasteiger partial charge in [0.05, 0.1) is 0 Å². The first-order valence-corrected chi connectivity index (χ1v) is 9.61. The van der Waals surface area contributed by atoms with Gasteiger partial charge in [-0.3, -0.25) is 19.3 Å². The Kier molecular flexibility index (Phi) is 4.96. The van der Waals surface area contributed by atoms with Gasteiger partial charge in [0.1, 0.15) is 11.8 Å². The number of para-hydroxylation sites is 1. The molecule has 0 aliphatic carbocycles. The van der Waals surface area contributed by atoms with Gasteiger partial charge in [-0.2, -0.15) is 0 Å². The zero-order valence-electron chi connectivity index (χ0n) is 16.4. The van der Waals surface area contributed by atoms with Gasteiger partial charge in [-0.25, -0.2) is 0 Å². The summed E-state index contributed by atoms with van der Waals surface area (Å²) in [5.41, 5.74) is 2.07. The molecule has 4 rings (SSSR count). The second-order valence-electron chi connectivity index (χ2n) is 7.35. The number of nitrogens with one attached hydrogen (secondary N) is 1. The van der Waals surface area contributed by atoms with Crippen molar-refractivity contribution in [3.8, 4) is 5.75 Å². The lowest BCUT2D eigenvalue weighted by atomic mass is 9.79. The minimum Gasteiger partial charge on any atom is -0.484 e. The molecule has 0 unspecified atom stereocenters. The molecule has 2 aromatic rings. The molecule has 7 nitrogen and oxygen atoms in total. The van der Waals surface area contributed by atoms with Crippen molar-refractivity contribution in [1.82, 2.24) is 10.2 Å². The number of anilines is 1. The van der Waals surface area contributed by atoms with Crippen molar-refractivity contribution < 1.29 is 19.1 Å². The number of benzene rings is 2. The first-order chi connectivity index (χ1) is 14.0. The van der Waals surface area contributed by atoms with E-state index in [2.05, 4.69) is 5.32 Å². The number of rotatable bonds is 4. The summed E-state index contributed by atoms with van der Waals surface area (Å²) in [6, 6.07) is 13.8. The van der Waals surface area contributed by atoms with E-state index in [-0.39, 0.29) is 30.2 Å². The van der Waals surface area contributed by atoms with Gasteiger partial charge in [0.2, 0.25) is 5.91 Å². The summed E-state index contributed by atoms with van der Waals surface area (Å²) in [5, 5.41) is 2.67. The molecule has 29 heavy (non-hydrogen) atoms. The summed E-state index contributed by atoms with van der Waals surface area (Å²) in [7, 11) is 3.33. The maximum absolute atomic E-state index is 13.2. The molecule has 150 valence electrons. The van der Waals surface area contributed by atoms with Crippen LogP contribution in [0.2, 0.25) is 0 Å². The third kappa shape index (κ3) is 3.33. The van der Waals surface area contributed by atoms with Gasteiger partial charge in [-0.05, 0) is 36.2 Å². The van der Waals surface area contributed by atoms with Crippen LogP contribution in [0.3, 0.4) is 0 Å². The first-order valence-electron chi connectivity index (χ1n) is 9.61. The van der Waals surface area contributed by atoms with Crippen LogP contribution in [-0.2, 0) is 9.59 Å². The molecule has 0 saturated heterocycles. The number of carbonyl (C=O) groups is 3. The van der Waals surface area contributed by atoms with Crippen LogP contribution < -0.4 is 15.0 Å². The van der Waals surface area contributed by atoms with Crippen molar-refractivity contribution >= 4 is 23.4 Å². The van der Waals surface area contributed by atoms with Crippen LogP contribution in [-0.4, -0.2) is 55.9 Å². The number of likely N-dealkylation sites (N-methyl/N-ethyl adjacent to an activating group) is 2. The van der Waals surface area contributed by atoms with Gasteiger partial charge in [0.25, 0.3) is 11.8 Å². The number of hydrogen-bond acceptors (Lipinski definition) is 4. The Bertz CT molecular complexity index is 960. The van der Waals surface area contributed by atoms with E-state index in [0.717, 1.165) is 5.56 Å². The average Bonchev–Trinajstić information content (AvgIpc) is 2.75. The van der Waals surface area contributed by atoms with E-state index < -0.39 is 6.04 Å². The molecule has 0 aromatic heterocycles. The molecule has 3 amide bonds. The second kappa shape index (κ2) is 7.58. The lowest BCUT2D eigenvalue weighted by Gasteiger charge is -2.44. The highest BCUT2D eigenvalue weighted by Crippen LogP contribution is 2.43. The van der Waals surface area contributed by atoms with Crippen LogP contribution in [0.15, 0.2) is 48.5 Å². The predicted molar refractivity (Wildman–Crippen MR) is 108 cm³/mol. The van der Waals surface area contributed by atoms with Gasteiger partial charge in [-0.15, -0.1) is 0 Å². The summed E-state index contributed by atoms with van der Waals surface area (Å²) in [6.45, 7) is 0.332. The van der Waals surface area contributed by atoms with Gasteiger partial charge in [-0.1, -0.05) is 24.3 Å². The van der Waals surface area contributed by atoms with Crippen LogP contribution >= 0.6 is 0 Å². The van der Waals surface area contributed by atoms with Crippen LogP contribution in [0.5, 0.6) is 5.75 Å². The molecule has 1 N–H and O–H groups in total. The van der Waals surface area contributed by atoms with Crippen molar-refractivity contribution in [2.75, 3.05) is 32.1 Å². The van der Waals surface area contributed by atoms with Gasteiger partial charge in [0.15, 0.2) is 6.61 Å². The fourth-order valence-electron chi connectivity index (χ4n) is 4.25. The maximum Gasteiger partial charge on any atom is 0.265 e. The third-order valence-electron chi connectivity index (χ3n) is 5.56. The van der Waals surface area contributed by atoms with E-state index in [1.807, 2.05) is 18.2 Å². The molecule has 2 aliphatic heterocycles. The molecular formula is C22H23N3O4. The van der Waals surface area contributed by atoms with Crippen molar-refractivity contribution in [3.63, 3.8) is 0 Å². The molecular weight excluding hydrogens is 370 g/mol. The highest BCUT2D eigenvalue weighted by Gasteiger charge is 2.44. The molecule has 0 saturated carbocycles. The number of nitrogens with zero attached hydrogens (tertiary/aromatic N) is 2. The summed E-state index contributed by atoms with van der Waals surface area (Å²) in [6.07, 6.45) is 0.457. The summed E-state index contributed by atoms with van der Waals surface area (Å²) in [4.78, 5) is 41.6. The Morgan fingerprint density at radius 2 is 1.90 bits per heavy atom. The highest BCUT2D eigenvalue weighted by atomic mass is 16.5. The first kappa shape index (κ1) is 19.0. The van der Waals surface area contributed by atoms with E-state index in [0.29, 0.717) is 30.0 Å². The molecule has 2 heterocycles. The fraction of sp³-hybridized carbons (Fsp3) is 0.318. The maximum atomic E-state index is 13.2. The lowest BCUT2D eigenvalue weighted by Crippen LogP contribution is -2.55. The third-order valence-corrected chi connectivity index (χ3v) is 5.56. The Morgan fingerprint density at radius 1 is 1.14 bits per heavy atom. The van der Waals surface area contributed by atoms with E-state index in [1.165, 1.54) is 4.90 Å². The fourth-order valence-corrected chi connectivity index (χ4v) is 4.25. The Hall–Kier alpha value is -3.35. The van der Waals surface area contributed by atoms with Gasteiger partial charge in [0, 0.05) is 37.8 Å². The van der Waals surface area contributed by atoms with E-state index >= 15 is 0 Å².